The molecule has 2 aromatic rings. The molecule has 2 aromatic carbocycles. The Kier molecular flexibility index (Phi) is 6.89. The number of thioether (sulfide) groups is 1. The van der Waals surface area contributed by atoms with Gasteiger partial charge in [-0.3, -0.25) is 4.79 Å². The molecule has 0 spiro atoms. The van der Waals surface area contributed by atoms with Gasteiger partial charge in [0.15, 0.2) is 0 Å². The van der Waals surface area contributed by atoms with E-state index in [0.717, 1.165) is 38.8 Å². The van der Waals surface area contributed by atoms with Crippen molar-refractivity contribution in [3.63, 3.8) is 0 Å². The van der Waals surface area contributed by atoms with Gasteiger partial charge in [0.05, 0.1) is 11.4 Å². The number of hydrogen-bond donors (Lipinski definition) is 1. The molecule has 0 bridgehead atoms. The second-order valence-corrected chi connectivity index (χ2v) is 8.19. The fraction of sp³-hybridized carbons (Fsp3) is 0.200. The second-order valence-electron chi connectivity index (χ2n) is 6.93. The Morgan fingerprint density at radius 2 is 1.93 bits per heavy atom. The molecule has 0 atom stereocenters. The average Bonchev–Trinajstić information content (AvgIpc) is 2.86. The van der Waals surface area contributed by atoms with Gasteiger partial charge in [-0.25, -0.2) is 4.99 Å². The van der Waals surface area contributed by atoms with Crippen molar-refractivity contribution in [3.05, 3.63) is 94.4 Å². The molecule has 1 N–H and O–H groups in total. The van der Waals surface area contributed by atoms with Crippen molar-refractivity contribution in [3.8, 4) is 0 Å². The summed E-state index contributed by atoms with van der Waals surface area (Å²) in [5, 5.41) is 2.94. The lowest BCUT2D eigenvalue weighted by atomic mass is 10.00. The summed E-state index contributed by atoms with van der Waals surface area (Å²) in [4.78, 5) is 19.7. The molecule has 1 heterocycles. The van der Waals surface area contributed by atoms with Gasteiger partial charge in [0.1, 0.15) is 0 Å². The fourth-order valence-corrected chi connectivity index (χ4v) is 3.98. The Labute approximate surface area is 177 Å². The van der Waals surface area contributed by atoms with Crippen LogP contribution >= 0.6 is 11.8 Å². The van der Waals surface area contributed by atoms with Crippen LogP contribution in [0, 0.1) is 6.92 Å². The van der Waals surface area contributed by atoms with Crippen LogP contribution in [0.15, 0.2) is 87.6 Å². The van der Waals surface area contributed by atoms with Crippen molar-refractivity contribution in [1.29, 1.82) is 0 Å². The minimum absolute atomic E-state index is 0.0626. The smallest absolute Gasteiger partial charge is 0.251 e. The normalized spacial score (nSPS) is 13.7. The first-order valence-corrected chi connectivity index (χ1v) is 10.6. The molecule has 29 heavy (non-hydrogen) atoms. The van der Waals surface area contributed by atoms with E-state index in [1.165, 1.54) is 5.56 Å². The molecule has 3 rings (SSSR count). The maximum absolute atomic E-state index is 12.4. The standard InChI is InChI=1S/C25H26N2OS/c1-5-7-8-21-18(4)29-23-14-13-20(25(28)26-15-6-2)16-22(23)27-24(21)19-11-9-17(3)10-12-19/h5,7-14,16H,1,6,15H2,2-4H3,(H,26,28)/b8-7-. The van der Waals surface area contributed by atoms with Crippen LogP contribution in [-0.4, -0.2) is 18.2 Å². The van der Waals surface area contributed by atoms with Crippen LogP contribution in [0.25, 0.3) is 0 Å². The molecule has 0 radical (unpaired) electrons. The highest BCUT2D eigenvalue weighted by molar-refractivity contribution is 8.03. The van der Waals surface area contributed by atoms with Crippen molar-refractivity contribution in [2.75, 3.05) is 6.54 Å². The number of hydrogen-bond acceptors (Lipinski definition) is 3. The van der Waals surface area contributed by atoms with E-state index < -0.39 is 0 Å². The second kappa shape index (κ2) is 9.57. The maximum Gasteiger partial charge on any atom is 0.251 e. The van der Waals surface area contributed by atoms with E-state index in [1.54, 1.807) is 17.8 Å². The number of carbonyl (C=O) groups excluding carboxylic acids is 1. The van der Waals surface area contributed by atoms with Gasteiger partial charge in [0.25, 0.3) is 5.91 Å². The van der Waals surface area contributed by atoms with E-state index in [1.807, 2.05) is 31.2 Å². The summed E-state index contributed by atoms with van der Waals surface area (Å²) in [6, 6.07) is 14.1. The highest BCUT2D eigenvalue weighted by Crippen LogP contribution is 2.41. The maximum atomic E-state index is 12.4. The summed E-state index contributed by atoms with van der Waals surface area (Å²) >= 11 is 1.68. The first kappa shape index (κ1) is 20.9. The molecule has 0 saturated heterocycles. The third-order valence-electron chi connectivity index (χ3n) is 4.61. The topological polar surface area (TPSA) is 41.5 Å². The van der Waals surface area contributed by atoms with Crippen LogP contribution in [0.4, 0.5) is 5.69 Å². The number of benzene rings is 2. The summed E-state index contributed by atoms with van der Waals surface area (Å²) in [5.74, 6) is -0.0626. The van der Waals surface area contributed by atoms with Crippen molar-refractivity contribution in [2.45, 2.75) is 32.1 Å². The largest absolute Gasteiger partial charge is 0.352 e. The van der Waals surface area contributed by atoms with Gasteiger partial charge >= 0.3 is 0 Å². The van der Waals surface area contributed by atoms with Crippen LogP contribution in [0.5, 0.6) is 0 Å². The summed E-state index contributed by atoms with van der Waals surface area (Å²) in [6.45, 7) is 10.7. The first-order valence-electron chi connectivity index (χ1n) is 9.79. The van der Waals surface area contributed by atoms with Gasteiger partial charge in [0, 0.05) is 28.1 Å². The summed E-state index contributed by atoms with van der Waals surface area (Å²) in [6.07, 6.45) is 6.66. The predicted octanol–water partition coefficient (Wildman–Crippen LogP) is 6.38. The minimum Gasteiger partial charge on any atom is -0.352 e. The van der Waals surface area contributed by atoms with Crippen molar-refractivity contribution in [1.82, 2.24) is 5.32 Å². The zero-order chi connectivity index (χ0) is 20.8. The lowest BCUT2D eigenvalue weighted by Gasteiger charge is -2.09. The number of aliphatic imine (C=N–C) groups is 1. The summed E-state index contributed by atoms with van der Waals surface area (Å²) < 4.78 is 0. The Bertz CT molecular complexity index is 1010. The highest BCUT2D eigenvalue weighted by atomic mass is 32.2. The number of fused-ring (bicyclic) bond motifs is 1. The van der Waals surface area contributed by atoms with E-state index in [0.29, 0.717) is 12.1 Å². The van der Waals surface area contributed by atoms with Gasteiger partial charge < -0.3 is 5.32 Å². The van der Waals surface area contributed by atoms with Gasteiger partial charge in [-0.15, -0.1) is 0 Å². The molecule has 1 amide bonds. The van der Waals surface area contributed by atoms with Crippen LogP contribution < -0.4 is 5.32 Å². The number of nitrogens with zero attached hydrogens (tertiary/aromatic N) is 1. The molecule has 0 saturated carbocycles. The molecular formula is C25H26N2OS. The predicted molar refractivity (Wildman–Crippen MR) is 124 cm³/mol. The zero-order valence-electron chi connectivity index (χ0n) is 17.2. The Hall–Kier alpha value is -2.85. The third kappa shape index (κ3) is 4.96. The van der Waals surface area contributed by atoms with Gasteiger partial charge in [0.2, 0.25) is 0 Å². The van der Waals surface area contributed by atoms with E-state index >= 15 is 0 Å². The number of carbonyl (C=O) groups is 1. The SMILES string of the molecule is C=C/C=C\C1=C(C)Sc2ccc(C(=O)NCCC)cc2N=C1c1ccc(C)cc1. The van der Waals surface area contributed by atoms with E-state index in [9.17, 15) is 4.79 Å². The number of rotatable bonds is 6. The quantitative estimate of drug-likeness (QED) is 0.570. The van der Waals surface area contributed by atoms with Crippen molar-refractivity contribution in [2.24, 2.45) is 4.99 Å². The third-order valence-corrected chi connectivity index (χ3v) is 5.70. The molecule has 0 aliphatic carbocycles. The Balaban J connectivity index is 2.13. The van der Waals surface area contributed by atoms with Crippen molar-refractivity contribution >= 4 is 29.1 Å². The van der Waals surface area contributed by atoms with Gasteiger partial charge in [-0.2, -0.15) is 0 Å². The molecular weight excluding hydrogens is 376 g/mol. The summed E-state index contributed by atoms with van der Waals surface area (Å²) in [7, 11) is 0. The number of amides is 1. The summed E-state index contributed by atoms with van der Waals surface area (Å²) in [5.41, 5.74) is 5.66. The monoisotopic (exact) mass is 402 g/mol. The molecule has 148 valence electrons. The van der Waals surface area contributed by atoms with Crippen LogP contribution in [0.1, 0.15) is 41.8 Å². The van der Waals surface area contributed by atoms with Gasteiger partial charge in [-0.05, 0) is 43.4 Å². The highest BCUT2D eigenvalue weighted by Gasteiger charge is 2.19. The lowest BCUT2D eigenvalue weighted by Crippen LogP contribution is -2.23. The van der Waals surface area contributed by atoms with E-state index in [-0.39, 0.29) is 5.91 Å². The molecule has 0 unspecified atom stereocenters. The fourth-order valence-electron chi connectivity index (χ4n) is 3.03. The number of allylic oxidation sites excluding steroid dienone is 5. The Morgan fingerprint density at radius 1 is 1.17 bits per heavy atom. The lowest BCUT2D eigenvalue weighted by molar-refractivity contribution is 0.0953. The minimum atomic E-state index is -0.0626. The molecule has 1 aliphatic heterocycles. The van der Waals surface area contributed by atoms with E-state index in [4.69, 9.17) is 4.99 Å². The van der Waals surface area contributed by atoms with Crippen LogP contribution in [0.2, 0.25) is 0 Å². The molecule has 1 aliphatic rings. The first-order chi connectivity index (χ1) is 14.0. The van der Waals surface area contributed by atoms with Crippen LogP contribution in [0.3, 0.4) is 0 Å². The van der Waals surface area contributed by atoms with Crippen molar-refractivity contribution < 1.29 is 4.79 Å². The molecule has 0 fully saturated rings. The number of nitrogens with one attached hydrogen (secondary N) is 1. The zero-order valence-corrected chi connectivity index (χ0v) is 18.0. The number of aryl methyl sites for hydroxylation is 1. The van der Waals surface area contributed by atoms with Crippen LogP contribution in [-0.2, 0) is 0 Å². The van der Waals surface area contributed by atoms with Gasteiger partial charge in [-0.1, -0.05) is 73.3 Å². The average molecular weight is 403 g/mol. The van der Waals surface area contributed by atoms with E-state index in [2.05, 4.69) is 56.1 Å². The molecule has 0 aromatic heterocycles. The molecule has 3 nitrogen and oxygen atoms in total. The Morgan fingerprint density at radius 3 is 2.62 bits per heavy atom. The molecule has 4 heteroatoms.